The van der Waals surface area contributed by atoms with E-state index in [9.17, 15) is 9.18 Å². The molecule has 2 N–H and O–H groups in total. The van der Waals surface area contributed by atoms with Crippen molar-refractivity contribution in [2.75, 3.05) is 0 Å². The zero-order valence-corrected chi connectivity index (χ0v) is 13.7. The summed E-state index contributed by atoms with van der Waals surface area (Å²) >= 11 is 6.12. The van der Waals surface area contributed by atoms with Gasteiger partial charge in [-0.05, 0) is 44.4 Å². The smallest absolute Gasteiger partial charge is 0.224 e. The standard InChI is InChI=1S/C16H18ClFN4O/c1-16(2,11-5-4-10(18)8-12(11)17)19-15(23)9-3-6-13-14(7-9)21-22-20-13/h4-5,8-9H,3,6-7H2,1-2H3,(H,19,23)(H,20,21,22). The second-order valence-electron chi connectivity index (χ2n) is 6.40. The molecule has 3 rings (SSSR count). The molecule has 1 aromatic carbocycles. The molecule has 1 aliphatic rings. The summed E-state index contributed by atoms with van der Waals surface area (Å²) in [6, 6.07) is 4.21. The van der Waals surface area contributed by atoms with Gasteiger partial charge in [0.1, 0.15) is 5.82 Å². The third-order valence-corrected chi connectivity index (χ3v) is 4.60. The Labute approximate surface area is 138 Å². The summed E-state index contributed by atoms with van der Waals surface area (Å²) in [6.07, 6.45) is 2.05. The quantitative estimate of drug-likeness (QED) is 0.905. The largest absolute Gasteiger partial charge is 0.347 e. The molecule has 0 bridgehead atoms. The summed E-state index contributed by atoms with van der Waals surface area (Å²) in [7, 11) is 0. The maximum Gasteiger partial charge on any atom is 0.224 e. The minimum Gasteiger partial charge on any atom is -0.347 e. The number of aromatic nitrogens is 3. The second-order valence-corrected chi connectivity index (χ2v) is 6.80. The van der Waals surface area contributed by atoms with Gasteiger partial charge in [0.05, 0.1) is 16.9 Å². The third kappa shape index (κ3) is 3.22. The van der Waals surface area contributed by atoms with Gasteiger partial charge >= 0.3 is 0 Å². The monoisotopic (exact) mass is 336 g/mol. The van der Waals surface area contributed by atoms with Gasteiger partial charge in [0, 0.05) is 17.4 Å². The van der Waals surface area contributed by atoms with E-state index in [1.54, 1.807) is 6.07 Å². The average Bonchev–Trinajstić information content (AvgIpc) is 2.93. The van der Waals surface area contributed by atoms with Crippen molar-refractivity contribution in [3.8, 4) is 0 Å². The van der Waals surface area contributed by atoms with Crippen molar-refractivity contribution in [3.05, 3.63) is 46.0 Å². The van der Waals surface area contributed by atoms with Crippen molar-refractivity contribution < 1.29 is 9.18 Å². The summed E-state index contributed by atoms with van der Waals surface area (Å²) in [5.41, 5.74) is 1.79. The molecule has 0 saturated carbocycles. The van der Waals surface area contributed by atoms with Crippen LogP contribution in [0.1, 0.15) is 37.2 Å². The first kappa shape index (κ1) is 15.9. The van der Waals surface area contributed by atoms with Crippen molar-refractivity contribution in [1.29, 1.82) is 0 Å². The Bertz CT molecular complexity index is 743. The van der Waals surface area contributed by atoms with E-state index in [0.29, 0.717) is 17.0 Å². The SMILES string of the molecule is CC(C)(NC(=O)C1CCc2n[nH]nc2C1)c1ccc(F)cc1Cl. The van der Waals surface area contributed by atoms with Gasteiger partial charge in [-0.1, -0.05) is 17.7 Å². The molecule has 1 aliphatic carbocycles. The molecule has 23 heavy (non-hydrogen) atoms. The zero-order chi connectivity index (χ0) is 16.6. The highest BCUT2D eigenvalue weighted by molar-refractivity contribution is 6.31. The third-order valence-electron chi connectivity index (χ3n) is 4.28. The number of nitrogens with zero attached hydrogens (tertiary/aromatic N) is 2. The maximum absolute atomic E-state index is 13.2. The van der Waals surface area contributed by atoms with E-state index in [2.05, 4.69) is 20.7 Å². The number of aryl methyl sites for hydroxylation is 1. The maximum atomic E-state index is 13.2. The van der Waals surface area contributed by atoms with Crippen LogP contribution in [0.5, 0.6) is 0 Å². The summed E-state index contributed by atoms with van der Waals surface area (Å²) in [4.78, 5) is 12.6. The lowest BCUT2D eigenvalue weighted by molar-refractivity contribution is -0.127. The van der Waals surface area contributed by atoms with Crippen LogP contribution >= 0.6 is 11.6 Å². The second kappa shape index (κ2) is 5.92. The molecular weight excluding hydrogens is 319 g/mol. The number of rotatable bonds is 3. The number of hydrogen-bond acceptors (Lipinski definition) is 3. The van der Waals surface area contributed by atoms with E-state index in [-0.39, 0.29) is 11.8 Å². The Morgan fingerprint density at radius 3 is 2.87 bits per heavy atom. The van der Waals surface area contributed by atoms with Gasteiger partial charge in [-0.15, -0.1) is 0 Å². The van der Waals surface area contributed by atoms with Crippen molar-refractivity contribution >= 4 is 17.5 Å². The van der Waals surface area contributed by atoms with Crippen LogP contribution in [-0.4, -0.2) is 21.3 Å². The lowest BCUT2D eigenvalue weighted by Gasteiger charge is -2.31. The minimum absolute atomic E-state index is 0.0518. The summed E-state index contributed by atoms with van der Waals surface area (Å²) < 4.78 is 13.2. The highest BCUT2D eigenvalue weighted by Crippen LogP contribution is 2.30. The van der Waals surface area contributed by atoms with Crippen LogP contribution in [0.15, 0.2) is 18.2 Å². The molecule has 1 amide bonds. The number of fused-ring (bicyclic) bond motifs is 1. The number of hydrogen-bond donors (Lipinski definition) is 2. The molecule has 2 aromatic rings. The molecule has 5 nitrogen and oxygen atoms in total. The summed E-state index contributed by atoms with van der Waals surface area (Å²) in [5, 5.41) is 14.1. The zero-order valence-electron chi connectivity index (χ0n) is 13.0. The van der Waals surface area contributed by atoms with Crippen LogP contribution in [0, 0.1) is 11.7 Å². The van der Waals surface area contributed by atoms with E-state index in [4.69, 9.17) is 11.6 Å². The predicted molar refractivity (Wildman–Crippen MR) is 84.5 cm³/mol. The van der Waals surface area contributed by atoms with Crippen LogP contribution in [0.25, 0.3) is 0 Å². The Morgan fingerprint density at radius 2 is 2.13 bits per heavy atom. The minimum atomic E-state index is -0.689. The number of nitrogens with one attached hydrogen (secondary N) is 2. The lowest BCUT2D eigenvalue weighted by Crippen LogP contribution is -2.45. The van der Waals surface area contributed by atoms with Crippen LogP contribution in [-0.2, 0) is 23.2 Å². The number of carbonyl (C=O) groups excluding carboxylic acids is 1. The van der Waals surface area contributed by atoms with Crippen LogP contribution in [0.2, 0.25) is 5.02 Å². The molecular formula is C16H18ClFN4O. The Balaban J connectivity index is 1.74. The fourth-order valence-electron chi connectivity index (χ4n) is 2.98. The average molecular weight is 337 g/mol. The van der Waals surface area contributed by atoms with Crippen molar-refractivity contribution in [1.82, 2.24) is 20.7 Å². The summed E-state index contributed by atoms with van der Waals surface area (Å²) in [5.74, 6) is -0.596. The van der Waals surface area contributed by atoms with E-state index in [0.717, 1.165) is 24.2 Å². The first-order chi connectivity index (χ1) is 10.9. The molecule has 0 fully saturated rings. The van der Waals surface area contributed by atoms with E-state index in [1.807, 2.05) is 13.8 Å². The molecule has 0 saturated heterocycles. The topological polar surface area (TPSA) is 70.7 Å². The first-order valence-electron chi connectivity index (χ1n) is 7.53. The van der Waals surface area contributed by atoms with Crippen LogP contribution < -0.4 is 5.32 Å². The van der Waals surface area contributed by atoms with Gasteiger partial charge in [-0.2, -0.15) is 15.4 Å². The molecule has 1 atom stereocenters. The molecule has 1 heterocycles. The molecule has 7 heteroatoms. The van der Waals surface area contributed by atoms with Crippen molar-refractivity contribution in [2.45, 2.75) is 38.6 Å². The number of H-pyrrole nitrogens is 1. The number of carbonyl (C=O) groups is 1. The molecule has 122 valence electrons. The summed E-state index contributed by atoms with van der Waals surface area (Å²) in [6.45, 7) is 3.71. The van der Waals surface area contributed by atoms with E-state index >= 15 is 0 Å². The Morgan fingerprint density at radius 1 is 1.39 bits per heavy atom. The Kier molecular flexibility index (Phi) is 4.10. The number of aromatic amines is 1. The van der Waals surface area contributed by atoms with E-state index in [1.165, 1.54) is 12.1 Å². The van der Waals surface area contributed by atoms with Gasteiger partial charge < -0.3 is 5.32 Å². The van der Waals surface area contributed by atoms with Gasteiger partial charge in [0.15, 0.2) is 0 Å². The number of amides is 1. The Hall–Kier alpha value is -1.95. The van der Waals surface area contributed by atoms with Crippen molar-refractivity contribution in [2.24, 2.45) is 5.92 Å². The normalized spacial score (nSPS) is 17.7. The molecule has 0 aliphatic heterocycles. The van der Waals surface area contributed by atoms with Crippen LogP contribution in [0.3, 0.4) is 0 Å². The highest BCUT2D eigenvalue weighted by atomic mass is 35.5. The fraction of sp³-hybridized carbons (Fsp3) is 0.438. The number of benzene rings is 1. The van der Waals surface area contributed by atoms with Gasteiger partial charge in [-0.25, -0.2) is 4.39 Å². The molecule has 1 unspecified atom stereocenters. The van der Waals surface area contributed by atoms with E-state index < -0.39 is 11.4 Å². The fourth-order valence-corrected chi connectivity index (χ4v) is 3.39. The first-order valence-corrected chi connectivity index (χ1v) is 7.90. The van der Waals surface area contributed by atoms with Crippen molar-refractivity contribution in [3.63, 3.8) is 0 Å². The van der Waals surface area contributed by atoms with Crippen LogP contribution in [0.4, 0.5) is 4.39 Å². The predicted octanol–water partition coefficient (Wildman–Crippen LogP) is 2.75. The van der Waals surface area contributed by atoms with Gasteiger partial charge in [0.2, 0.25) is 5.91 Å². The molecule has 0 spiro atoms. The van der Waals surface area contributed by atoms with Gasteiger partial charge in [-0.3, -0.25) is 4.79 Å². The highest BCUT2D eigenvalue weighted by Gasteiger charge is 2.32. The number of halogens is 2. The molecule has 0 radical (unpaired) electrons. The molecule has 1 aromatic heterocycles. The lowest BCUT2D eigenvalue weighted by atomic mass is 9.87. The van der Waals surface area contributed by atoms with Gasteiger partial charge in [0.25, 0.3) is 0 Å².